The summed E-state index contributed by atoms with van der Waals surface area (Å²) in [6, 6.07) is 12.8. The molecule has 0 aliphatic heterocycles. The number of nitrogens with zero attached hydrogens (tertiary/aromatic N) is 1. The number of anilines is 1. The zero-order valence-corrected chi connectivity index (χ0v) is 20.1. The Labute approximate surface area is 200 Å². The molecule has 0 radical (unpaired) electrons. The van der Waals surface area contributed by atoms with Crippen LogP contribution < -0.4 is 10.1 Å². The van der Waals surface area contributed by atoms with Gasteiger partial charge in [-0.05, 0) is 55.5 Å². The monoisotopic (exact) mass is 474 g/mol. The Bertz CT molecular complexity index is 904. The fourth-order valence-electron chi connectivity index (χ4n) is 3.39. The highest BCUT2D eigenvalue weighted by Gasteiger charge is 2.18. The number of nitrogens with one attached hydrogen (secondary N) is 1. The van der Waals surface area contributed by atoms with Gasteiger partial charge in [-0.2, -0.15) is 0 Å². The Morgan fingerprint density at radius 3 is 2.41 bits per heavy atom. The summed E-state index contributed by atoms with van der Waals surface area (Å²) in [6.07, 6.45) is 1.19. The molecule has 0 saturated heterocycles. The number of carboxylic acid groups (broad SMARTS) is 1. The van der Waals surface area contributed by atoms with E-state index in [0.29, 0.717) is 31.4 Å². The molecule has 0 bridgehead atoms. The summed E-state index contributed by atoms with van der Waals surface area (Å²) >= 11 is 0. The second kappa shape index (κ2) is 14.2. The lowest BCUT2D eigenvalue weighted by molar-refractivity contribution is -0.149. The van der Waals surface area contributed by atoms with Gasteiger partial charge in [0.15, 0.2) is 6.10 Å². The Morgan fingerprint density at radius 1 is 1.09 bits per heavy atom. The molecule has 2 aromatic carbocycles. The van der Waals surface area contributed by atoms with Crippen molar-refractivity contribution in [1.82, 2.24) is 4.90 Å². The highest BCUT2D eigenvalue weighted by atomic mass is 19.1. The molecule has 1 atom stereocenters. The summed E-state index contributed by atoms with van der Waals surface area (Å²) in [4.78, 5) is 25.7. The third-order valence-electron chi connectivity index (χ3n) is 5.23. The van der Waals surface area contributed by atoms with Crippen molar-refractivity contribution in [3.8, 4) is 5.75 Å². The number of amides is 2. The number of aliphatic carboxylic acids is 1. The van der Waals surface area contributed by atoms with Crippen molar-refractivity contribution >= 4 is 17.7 Å². The third kappa shape index (κ3) is 9.39. The van der Waals surface area contributed by atoms with Crippen LogP contribution in [0.4, 0.5) is 14.9 Å². The molecule has 0 fully saturated rings. The molecule has 0 saturated carbocycles. The van der Waals surface area contributed by atoms with Crippen LogP contribution in [0.2, 0.25) is 0 Å². The van der Waals surface area contributed by atoms with Gasteiger partial charge in [0.25, 0.3) is 0 Å². The molecule has 1 unspecified atom stereocenters. The minimum atomic E-state index is -0.992. The first kappa shape index (κ1) is 27.1. The first-order valence-corrected chi connectivity index (χ1v) is 11.7. The summed E-state index contributed by atoms with van der Waals surface area (Å²) in [5.74, 6) is -0.337. The maximum absolute atomic E-state index is 13.9. The number of hydrogen-bond acceptors (Lipinski definition) is 4. The fourth-order valence-corrected chi connectivity index (χ4v) is 3.39. The van der Waals surface area contributed by atoms with Crippen LogP contribution in [0.3, 0.4) is 0 Å². The molecule has 2 amide bonds. The second-order valence-corrected chi connectivity index (χ2v) is 8.41. The van der Waals surface area contributed by atoms with Crippen LogP contribution in [0.5, 0.6) is 5.75 Å². The van der Waals surface area contributed by atoms with Crippen LogP contribution in [-0.4, -0.2) is 54.4 Å². The maximum atomic E-state index is 13.9. The number of benzene rings is 2. The zero-order valence-electron chi connectivity index (χ0n) is 20.1. The smallest absolute Gasteiger partial charge is 0.333 e. The highest BCUT2D eigenvalue weighted by Crippen LogP contribution is 2.16. The first-order chi connectivity index (χ1) is 16.3. The topological polar surface area (TPSA) is 88.1 Å². The maximum Gasteiger partial charge on any atom is 0.333 e. The Kier molecular flexibility index (Phi) is 11.3. The fraction of sp³-hybridized carbons (Fsp3) is 0.462. The molecule has 0 aliphatic rings. The summed E-state index contributed by atoms with van der Waals surface area (Å²) in [5.41, 5.74) is 0.970. The largest absolute Gasteiger partial charge is 0.492 e. The summed E-state index contributed by atoms with van der Waals surface area (Å²) in [5, 5.41) is 11.9. The zero-order chi connectivity index (χ0) is 24.9. The molecule has 34 heavy (non-hydrogen) atoms. The van der Waals surface area contributed by atoms with E-state index in [9.17, 15) is 19.1 Å². The highest BCUT2D eigenvalue weighted by molar-refractivity contribution is 5.89. The van der Waals surface area contributed by atoms with Crippen LogP contribution in [0.15, 0.2) is 48.5 Å². The molecule has 2 N–H and O–H groups in total. The van der Waals surface area contributed by atoms with Gasteiger partial charge in [-0.1, -0.05) is 38.1 Å². The van der Waals surface area contributed by atoms with E-state index >= 15 is 0 Å². The number of hydrogen-bond donors (Lipinski definition) is 2. The Morgan fingerprint density at radius 2 is 1.79 bits per heavy atom. The van der Waals surface area contributed by atoms with Gasteiger partial charge in [0.05, 0.1) is 12.2 Å². The number of urea groups is 1. The molecule has 186 valence electrons. The van der Waals surface area contributed by atoms with E-state index in [4.69, 9.17) is 9.47 Å². The average molecular weight is 475 g/mol. The molecule has 2 aromatic rings. The summed E-state index contributed by atoms with van der Waals surface area (Å²) in [7, 11) is 0. The van der Waals surface area contributed by atoms with Crippen molar-refractivity contribution in [3.05, 3.63) is 59.9 Å². The third-order valence-corrected chi connectivity index (χ3v) is 5.23. The second-order valence-electron chi connectivity index (χ2n) is 8.41. The molecular formula is C26H35FN2O5. The number of rotatable bonds is 14. The number of carbonyl (C=O) groups excluding carboxylic acids is 1. The minimum absolute atomic E-state index is 0.143. The van der Waals surface area contributed by atoms with Crippen LogP contribution in [0, 0.1) is 11.7 Å². The molecule has 8 heteroatoms. The van der Waals surface area contributed by atoms with Gasteiger partial charge in [0.2, 0.25) is 0 Å². The summed E-state index contributed by atoms with van der Waals surface area (Å²) in [6.45, 7) is 7.49. The molecule has 0 aromatic heterocycles. The lowest BCUT2D eigenvalue weighted by Gasteiger charge is -2.24. The van der Waals surface area contributed by atoms with Crippen molar-refractivity contribution in [2.24, 2.45) is 5.92 Å². The molecule has 0 aliphatic carbocycles. The predicted molar refractivity (Wildman–Crippen MR) is 130 cm³/mol. The van der Waals surface area contributed by atoms with E-state index in [-0.39, 0.29) is 24.7 Å². The number of carbonyl (C=O) groups is 2. The van der Waals surface area contributed by atoms with Gasteiger partial charge in [-0.15, -0.1) is 0 Å². The van der Waals surface area contributed by atoms with E-state index in [1.165, 1.54) is 12.1 Å². The molecular weight excluding hydrogens is 439 g/mol. The van der Waals surface area contributed by atoms with Crippen LogP contribution in [0.25, 0.3) is 0 Å². The van der Waals surface area contributed by atoms with E-state index in [1.807, 2.05) is 0 Å². The number of halogens is 1. The lowest BCUT2D eigenvalue weighted by Crippen LogP contribution is -2.38. The van der Waals surface area contributed by atoms with Gasteiger partial charge in [0, 0.05) is 19.6 Å². The van der Waals surface area contributed by atoms with Crippen LogP contribution in [-0.2, 0) is 16.0 Å². The number of ether oxygens (including phenoxy) is 2. The normalized spacial score (nSPS) is 11.8. The van der Waals surface area contributed by atoms with Gasteiger partial charge >= 0.3 is 12.0 Å². The van der Waals surface area contributed by atoms with Crippen molar-refractivity contribution < 1.29 is 28.6 Å². The minimum Gasteiger partial charge on any atom is -0.492 e. The van der Waals surface area contributed by atoms with Gasteiger partial charge < -0.3 is 24.8 Å². The number of carboxylic acids is 1. The SMILES string of the molecule is CCOC(Cc1ccc(OCCN(CCCC(C)C)C(=O)Nc2ccccc2F)cc1)C(=O)O. The molecule has 7 nitrogen and oxygen atoms in total. The van der Waals surface area contributed by atoms with E-state index in [1.54, 1.807) is 48.2 Å². The van der Waals surface area contributed by atoms with Gasteiger partial charge in [0.1, 0.15) is 18.2 Å². The van der Waals surface area contributed by atoms with E-state index < -0.39 is 17.9 Å². The Hall–Kier alpha value is -3.13. The molecule has 0 heterocycles. The quantitative estimate of drug-likeness (QED) is 0.393. The van der Waals surface area contributed by atoms with Gasteiger partial charge in [-0.3, -0.25) is 0 Å². The first-order valence-electron chi connectivity index (χ1n) is 11.7. The van der Waals surface area contributed by atoms with E-state index in [0.717, 1.165) is 18.4 Å². The van der Waals surface area contributed by atoms with Crippen molar-refractivity contribution in [2.75, 3.05) is 31.6 Å². The summed E-state index contributed by atoms with van der Waals surface area (Å²) < 4.78 is 25.0. The van der Waals surface area contributed by atoms with Crippen LogP contribution in [0.1, 0.15) is 39.2 Å². The lowest BCUT2D eigenvalue weighted by atomic mass is 10.1. The van der Waals surface area contributed by atoms with Crippen molar-refractivity contribution in [1.29, 1.82) is 0 Å². The van der Waals surface area contributed by atoms with Gasteiger partial charge in [-0.25, -0.2) is 14.0 Å². The molecule has 2 rings (SSSR count). The predicted octanol–water partition coefficient (Wildman–Crippen LogP) is 5.21. The average Bonchev–Trinajstić information content (AvgIpc) is 2.80. The number of para-hydroxylation sites is 1. The Balaban J connectivity index is 1.92. The van der Waals surface area contributed by atoms with Crippen molar-refractivity contribution in [2.45, 2.75) is 46.1 Å². The molecule has 0 spiro atoms. The van der Waals surface area contributed by atoms with Crippen molar-refractivity contribution in [3.63, 3.8) is 0 Å². The van der Waals surface area contributed by atoms with Crippen LogP contribution >= 0.6 is 0 Å². The standard InChI is InChI=1S/C26H35FN2O5/c1-4-33-24(25(30)31)18-20-11-13-21(14-12-20)34-17-16-29(15-7-8-19(2)3)26(32)28-23-10-6-5-9-22(23)27/h5-6,9-14,19,24H,4,7-8,15-18H2,1-3H3,(H,28,32)(H,30,31). The van der Waals surface area contributed by atoms with E-state index in [2.05, 4.69) is 19.2 Å².